The summed E-state index contributed by atoms with van der Waals surface area (Å²) in [7, 11) is 0. The first-order valence-electron chi connectivity index (χ1n) is 4.61. The standard InChI is InChI=1S/C8H17NO5.ClH/c10-2-1-9-3-6(12)8(14)7(13)5(9)4-11;/h5-8,10-14H,1-4H2;1H/t5?,6-,7-,8+;/m0./s1. The van der Waals surface area contributed by atoms with Crippen molar-refractivity contribution in [1.82, 2.24) is 4.90 Å². The van der Waals surface area contributed by atoms with E-state index in [1.54, 1.807) is 4.90 Å². The van der Waals surface area contributed by atoms with E-state index < -0.39 is 24.4 Å². The Kier molecular flexibility index (Phi) is 6.62. The lowest BCUT2D eigenvalue weighted by Gasteiger charge is -2.42. The molecule has 0 spiro atoms. The number of nitrogens with zero attached hydrogens (tertiary/aromatic N) is 1. The Morgan fingerprint density at radius 3 is 2.13 bits per heavy atom. The quantitative estimate of drug-likeness (QED) is 0.366. The average molecular weight is 244 g/mol. The van der Waals surface area contributed by atoms with Crippen molar-refractivity contribution in [3.63, 3.8) is 0 Å². The van der Waals surface area contributed by atoms with Crippen LogP contribution in [0.25, 0.3) is 0 Å². The van der Waals surface area contributed by atoms with Crippen molar-refractivity contribution < 1.29 is 25.5 Å². The molecule has 0 aromatic heterocycles. The van der Waals surface area contributed by atoms with Crippen LogP contribution >= 0.6 is 12.4 Å². The Bertz CT molecular complexity index is 184. The van der Waals surface area contributed by atoms with Gasteiger partial charge in [0.2, 0.25) is 0 Å². The number of hydrogen-bond donors (Lipinski definition) is 5. The minimum atomic E-state index is -1.23. The highest BCUT2D eigenvalue weighted by Gasteiger charge is 2.40. The SMILES string of the molecule is Cl.OCCN1C[C@H](O)[C@@H](O)[C@@H](O)C1CO. The molecule has 0 radical (unpaired) electrons. The van der Waals surface area contributed by atoms with E-state index in [0.717, 1.165) is 0 Å². The smallest absolute Gasteiger partial charge is 0.109 e. The Morgan fingerprint density at radius 1 is 1.07 bits per heavy atom. The van der Waals surface area contributed by atoms with E-state index in [1.165, 1.54) is 0 Å². The maximum Gasteiger partial charge on any atom is 0.109 e. The lowest BCUT2D eigenvalue weighted by Crippen LogP contribution is -2.62. The fraction of sp³-hybridized carbons (Fsp3) is 1.00. The molecule has 15 heavy (non-hydrogen) atoms. The van der Waals surface area contributed by atoms with Crippen molar-refractivity contribution in [2.75, 3.05) is 26.3 Å². The number of rotatable bonds is 3. The molecular formula is C8H18ClNO5. The topological polar surface area (TPSA) is 104 Å². The summed E-state index contributed by atoms with van der Waals surface area (Å²) in [5.41, 5.74) is 0. The molecule has 92 valence electrons. The molecule has 1 fully saturated rings. The van der Waals surface area contributed by atoms with Crippen LogP contribution in [0.1, 0.15) is 0 Å². The summed E-state index contributed by atoms with van der Waals surface area (Å²) in [4.78, 5) is 1.56. The maximum atomic E-state index is 9.51. The lowest BCUT2D eigenvalue weighted by atomic mass is 9.94. The predicted octanol–water partition coefficient (Wildman–Crippen LogP) is -2.84. The third-order valence-electron chi connectivity index (χ3n) is 2.60. The highest BCUT2D eigenvalue weighted by atomic mass is 35.5. The van der Waals surface area contributed by atoms with Gasteiger partial charge in [0.05, 0.1) is 25.4 Å². The van der Waals surface area contributed by atoms with E-state index in [9.17, 15) is 15.3 Å². The van der Waals surface area contributed by atoms with E-state index in [2.05, 4.69) is 0 Å². The molecule has 6 nitrogen and oxygen atoms in total. The minimum Gasteiger partial charge on any atom is -0.395 e. The zero-order valence-electron chi connectivity index (χ0n) is 8.23. The molecule has 1 aliphatic heterocycles. The number of hydrogen-bond acceptors (Lipinski definition) is 6. The van der Waals surface area contributed by atoms with Gasteiger partial charge in [0, 0.05) is 13.1 Å². The minimum absolute atomic E-state index is 0. The molecule has 1 heterocycles. The Labute approximate surface area is 94.2 Å². The molecule has 0 aromatic rings. The number of β-amino-alcohol motifs (C(OH)–C–C–N with tert-alkyl or cyclic N) is 2. The van der Waals surface area contributed by atoms with Crippen LogP contribution in [-0.2, 0) is 0 Å². The number of halogens is 1. The normalized spacial score (nSPS) is 37.4. The summed E-state index contributed by atoms with van der Waals surface area (Å²) < 4.78 is 0. The van der Waals surface area contributed by atoms with Gasteiger partial charge >= 0.3 is 0 Å². The van der Waals surface area contributed by atoms with Crippen LogP contribution < -0.4 is 0 Å². The highest BCUT2D eigenvalue weighted by Crippen LogP contribution is 2.18. The van der Waals surface area contributed by atoms with Crippen molar-refractivity contribution in [3.05, 3.63) is 0 Å². The molecular weight excluding hydrogens is 226 g/mol. The second-order valence-corrected chi connectivity index (χ2v) is 3.52. The van der Waals surface area contributed by atoms with Gasteiger partial charge in [-0.15, -0.1) is 12.4 Å². The molecule has 0 saturated carbocycles. The third-order valence-corrected chi connectivity index (χ3v) is 2.60. The van der Waals surface area contributed by atoms with Gasteiger partial charge in [0.15, 0.2) is 0 Å². The number of likely N-dealkylation sites (tertiary alicyclic amines) is 1. The van der Waals surface area contributed by atoms with Crippen LogP contribution in [0.5, 0.6) is 0 Å². The number of piperidine rings is 1. The van der Waals surface area contributed by atoms with Crippen molar-refractivity contribution >= 4 is 12.4 Å². The Balaban J connectivity index is 0.00000196. The molecule has 4 atom stereocenters. The molecule has 5 N–H and O–H groups in total. The van der Waals surface area contributed by atoms with Crippen LogP contribution in [0.3, 0.4) is 0 Å². The van der Waals surface area contributed by atoms with Gasteiger partial charge in [-0.1, -0.05) is 0 Å². The average Bonchev–Trinajstić information content (AvgIpc) is 2.16. The summed E-state index contributed by atoms with van der Waals surface area (Å²) in [6, 6.07) is -0.624. The van der Waals surface area contributed by atoms with Crippen molar-refractivity contribution in [2.24, 2.45) is 0 Å². The summed E-state index contributed by atoms with van der Waals surface area (Å²) in [6.45, 7) is -0.0347. The second-order valence-electron chi connectivity index (χ2n) is 3.52. The first kappa shape index (κ1) is 15.0. The lowest BCUT2D eigenvalue weighted by molar-refractivity contribution is -0.146. The molecule has 0 amide bonds. The summed E-state index contributed by atoms with van der Waals surface area (Å²) in [5.74, 6) is 0. The van der Waals surface area contributed by atoms with E-state index in [0.29, 0.717) is 0 Å². The molecule has 0 aromatic carbocycles. The van der Waals surface area contributed by atoms with E-state index >= 15 is 0 Å². The Hall–Kier alpha value is 0.0500. The molecule has 7 heteroatoms. The molecule has 1 unspecified atom stereocenters. The molecule has 1 saturated heterocycles. The predicted molar refractivity (Wildman–Crippen MR) is 54.8 cm³/mol. The second kappa shape index (κ2) is 6.59. The van der Waals surface area contributed by atoms with Crippen LogP contribution in [0.2, 0.25) is 0 Å². The van der Waals surface area contributed by atoms with Crippen LogP contribution in [0.15, 0.2) is 0 Å². The monoisotopic (exact) mass is 243 g/mol. The first-order chi connectivity index (χ1) is 6.61. The van der Waals surface area contributed by atoms with Gasteiger partial charge in [0.25, 0.3) is 0 Å². The summed E-state index contributed by atoms with van der Waals surface area (Å²) in [6.07, 6.45) is -3.46. The van der Waals surface area contributed by atoms with Gasteiger partial charge in [-0.25, -0.2) is 0 Å². The Morgan fingerprint density at radius 2 is 1.67 bits per heavy atom. The summed E-state index contributed by atoms with van der Waals surface area (Å²) >= 11 is 0. The first-order valence-corrected chi connectivity index (χ1v) is 4.61. The van der Waals surface area contributed by atoms with Gasteiger partial charge in [-0.2, -0.15) is 0 Å². The third kappa shape index (κ3) is 3.25. The van der Waals surface area contributed by atoms with Gasteiger partial charge in [-0.05, 0) is 0 Å². The van der Waals surface area contributed by atoms with Crippen molar-refractivity contribution in [3.8, 4) is 0 Å². The number of aliphatic hydroxyl groups excluding tert-OH is 5. The summed E-state index contributed by atoms with van der Waals surface area (Å²) in [5, 5.41) is 45.9. The van der Waals surface area contributed by atoms with Crippen LogP contribution in [0, 0.1) is 0 Å². The molecule has 1 rings (SSSR count). The van der Waals surface area contributed by atoms with Crippen molar-refractivity contribution in [2.45, 2.75) is 24.4 Å². The van der Waals surface area contributed by atoms with Crippen LogP contribution in [-0.4, -0.2) is 81.1 Å². The largest absolute Gasteiger partial charge is 0.395 e. The van der Waals surface area contributed by atoms with Gasteiger partial charge < -0.3 is 25.5 Å². The zero-order chi connectivity index (χ0) is 10.7. The van der Waals surface area contributed by atoms with E-state index in [1.807, 2.05) is 0 Å². The van der Waals surface area contributed by atoms with E-state index in [4.69, 9.17) is 10.2 Å². The highest BCUT2D eigenvalue weighted by molar-refractivity contribution is 5.85. The molecule has 0 bridgehead atoms. The van der Waals surface area contributed by atoms with Gasteiger partial charge in [-0.3, -0.25) is 4.90 Å². The molecule has 0 aliphatic carbocycles. The van der Waals surface area contributed by atoms with E-state index in [-0.39, 0.29) is 38.7 Å². The number of aliphatic hydroxyl groups is 5. The fourth-order valence-corrected chi connectivity index (χ4v) is 1.76. The van der Waals surface area contributed by atoms with Crippen molar-refractivity contribution in [1.29, 1.82) is 0 Å². The zero-order valence-corrected chi connectivity index (χ0v) is 9.05. The fourth-order valence-electron chi connectivity index (χ4n) is 1.76. The molecule has 1 aliphatic rings. The van der Waals surface area contributed by atoms with Crippen LogP contribution in [0.4, 0.5) is 0 Å². The van der Waals surface area contributed by atoms with Gasteiger partial charge in [0.1, 0.15) is 12.2 Å². The maximum absolute atomic E-state index is 9.51.